The largest absolute Gasteiger partial charge is 0.372 e. The van der Waals surface area contributed by atoms with Gasteiger partial charge in [-0.1, -0.05) is 74.5 Å². The fourth-order valence-electron chi connectivity index (χ4n) is 2.38. The maximum absolute atomic E-state index is 11.4. The number of hydrogen-bond donors (Lipinski definition) is 0. The van der Waals surface area contributed by atoms with Gasteiger partial charge in [-0.05, 0) is 24.1 Å². The quantitative estimate of drug-likeness (QED) is 0.318. The summed E-state index contributed by atoms with van der Waals surface area (Å²) in [4.78, 5) is 12.7. The second kappa shape index (κ2) is 10.2. The van der Waals surface area contributed by atoms with Gasteiger partial charge in [-0.2, -0.15) is 0 Å². The van der Waals surface area contributed by atoms with E-state index in [2.05, 4.69) is 24.3 Å². The Bertz CT molecular complexity index is 650. The van der Waals surface area contributed by atoms with Gasteiger partial charge in [0.1, 0.15) is 6.29 Å². The summed E-state index contributed by atoms with van der Waals surface area (Å²) in [5.74, 6) is 0.914. The molecule has 132 valence electrons. The lowest BCUT2D eigenvalue weighted by Gasteiger charge is -2.28. The van der Waals surface area contributed by atoms with E-state index in [4.69, 9.17) is 4.74 Å². The van der Waals surface area contributed by atoms with Crippen molar-refractivity contribution in [3.05, 3.63) is 78.4 Å². The molecule has 0 unspecified atom stereocenters. The van der Waals surface area contributed by atoms with Crippen molar-refractivity contribution in [3.8, 4) is 0 Å². The number of thioether (sulfide) groups is 1. The molecule has 0 aliphatic carbocycles. The molecule has 0 bridgehead atoms. The smallest absolute Gasteiger partial charge is 0.128 e. The van der Waals surface area contributed by atoms with Crippen LogP contribution in [-0.4, -0.2) is 18.1 Å². The van der Waals surface area contributed by atoms with Gasteiger partial charge in [0, 0.05) is 16.1 Å². The highest BCUT2D eigenvalue weighted by atomic mass is 32.2. The van der Waals surface area contributed by atoms with Crippen LogP contribution in [0.25, 0.3) is 0 Å². The summed E-state index contributed by atoms with van der Waals surface area (Å²) < 4.78 is 6.06. The van der Waals surface area contributed by atoms with E-state index in [0.29, 0.717) is 6.61 Å². The first kappa shape index (κ1) is 19.5. The molecule has 0 radical (unpaired) electrons. The molecule has 2 rings (SSSR count). The second-order valence-corrected chi connectivity index (χ2v) is 7.65. The lowest BCUT2D eigenvalue weighted by Crippen LogP contribution is -2.33. The van der Waals surface area contributed by atoms with Gasteiger partial charge in [-0.3, -0.25) is 0 Å². The summed E-state index contributed by atoms with van der Waals surface area (Å²) in [7, 11) is 0. The Morgan fingerprint density at radius 3 is 2.28 bits per heavy atom. The van der Waals surface area contributed by atoms with Crippen LogP contribution >= 0.6 is 11.8 Å². The van der Waals surface area contributed by atoms with Gasteiger partial charge in [-0.15, -0.1) is 11.8 Å². The summed E-state index contributed by atoms with van der Waals surface area (Å²) in [5.41, 5.74) is 0.615. The number of ether oxygens (including phenoxy) is 1. The fourth-order valence-corrected chi connectivity index (χ4v) is 3.16. The van der Waals surface area contributed by atoms with Crippen LogP contribution in [0.5, 0.6) is 0 Å². The molecule has 0 saturated carbocycles. The van der Waals surface area contributed by atoms with Crippen molar-refractivity contribution in [1.29, 1.82) is 0 Å². The van der Waals surface area contributed by atoms with Crippen LogP contribution in [0.4, 0.5) is 0 Å². The number of rotatable bonds is 10. The highest BCUT2D eigenvalue weighted by Gasteiger charge is 2.29. The standard InChI is InChI=1S/C22H26O2S/c1-22(2,18-23)21(24-17-19-11-5-3-6-12-19)15-9-10-16-25-20-13-7-4-8-14-20/h3-14,18,21H,15-17H2,1-2H3/b10-9+/t21-/m0/s1. The summed E-state index contributed by atoms with van der Waals surface area (Å²) in [6, 6.07) is 20.4. The van der Waals surface area contributed by atoms with Gasteiger partial charge >= 0.3 is 0 Å². The fraction of sp³-hybridized carbons (Fsp3) is 0.318. The molecule has 0 spiro atoms. The lowest BCUT2D eigenvalue weighted by molar-refractivity contribution is -0.124. The Morgan fingerprint density at radius 1 is 1.00 bits per heavy atom. The van der Waals surface area contributed by atoms with Crippen LogP contribution in [0.1, 0.15) is 25.8 Å². The van der Waals surface area contributed by atoms with E-state index in [9.17, 15) is 4.79 Å². The SMILES string of the molecule is CC(C)(C=O)[C@H](C/C=C/CSc1ccccc1)OCc1ccccc1. The molecule has 2 nitrogen and oxygen atoms in total. The molecule has 0 amide bonds. The molecule has 3 heteroatoms. The lowest BCUT2D eigenvalue weighted by atomic mass is 9.86. The van der Waals surface area contributed by atoms with Crippen LogP contribution in [0.3, 0.4) is 0 Å². The molecule has 25 heavy (non-hydrogen) atoms. The number of carbonyl (C=O) groups excluding carboxylic acids is 1. The first-order valence-corrected chi connectivity index (χ1v) is 9.55. The van der Waals surface area contributed by atoms with Gasteiger partial charge in [0.25, 0.3) is 0 Å². The van der Waals surface area contributed by atoms with Crippen molar-refractivity contribution in [1.82, 2.24) is 0 Å². The summed E-state index contributed by atoms with van der Waals surface area (Å²) in [6.07, 6.45) is 5.86. The Labute approximate surface area is 155 Å². The first-order valence-electron chi connectivity index (χ1n) is 8.56. The average molecular weight is 355 g/mol. The molecule has 0 N–H and O–H groups in total. The van der Waals surface area contributed by atoms with E-state index in [-0.39, 0.29) is 6.10 Å². The zero-order valence-corrected chi connectivity index (χ0v) is 15.7. The molecule has 2 aromatic carbocycles. The second-order valence-electron chi connectivity index (χ2n) is 6.56. The molecule has 0 aliphatic heterocycles. The normalized spacial score (nSPS) is 13.0. The minimum absolute atomic E-state index is 0.136. The molecular weight excluding hydrogens is 328 g/mol. The van der Waals surface area contributed by atoms with Crippen LogP contribution in [0.15, 0.2) is 77.7 Å². The Kier molecular flexibility index (Phi) is 7.96. The third-order valence-electron chi connectivity index (χ3n) is 4.03. The van der Waals surface area contributed by atoms with Gasteiger partial charge < -0.3 is 9.53 Å². The van der Waals surface area contributed by atoms with Crippen LogP contribution < -0.4 is 0 Å². The molecule has 0 aromatic heterocycles. The maximum Gasteiger partial charge on any atom is 0.128 e. The van der Waals surface area contributed by atoms with E-state index in [0.717, 1.165) is 24.0 Å². The van der Waals surface area contributed by atoms with Gasteiger partial charge in [0.15, 0.2) is 0 Å². The van der Waals surface area contributed by atoms with Crippen molar-refractivity contribution < 1.29 is 9.53 Å². The molecule has 1 atom stereocenters. The summed E-state index contributed by atoms with van der Waals surface area (Å²) >= 11 is 1.80. The minimum Gasteiger partial charge on any atom is -0.372 e. The highest BCUT2D eigenvalue weighted by Crippen LogP contribution is 2.25. The molecule has 2 aromatic rings. The number of benzene rings is 2. The van der Waals surface area contributed by atoms with Crippen molar-refractivity contribution in [2.45, 2.75) is 37.9 Å². The molecule has 0 heterocycles. The maximum atomic E-state index is 11.4. The van der Waals surface area contributed by atoms with E-state index >= 15 is 0 Å². The highest BCUT2D eigenvalue weighted by molar-refractivity contribution is 7.99. The zero-order valence-electron chi connectivity index (χ0n) is 14.9. The predicted molar refractivity (Wildman–Crippen MR) is 106 cm³/mol. The topological polar surface area (TPSA) is 26.3 Å². The number of hydrogen-bond acceptors (Lipinski definition) is 3. The monoisotopic (exact) mass is 354 g/mol. The molecule has 0 aliphatic rings. The first-order chi connectivity index (χ1) is 12.1. The van der Waals surface area contributed by atoms with Crippen LogP contribution in [-0.2, 0) is 16.1 Å². The third kappa shape index (κ3) is 6.89. The van der Waals surface area contributed by atoms with Crippen LogP contribution in [0.2, 0.25) is 0 Å². The van der Waals surface area contributed by atoms with Gasteiger partial charge in [-0.25, -0.2) is 0 Å². The van der Waals surface area contributed by atoms with E-state index in [1.54, 1.807) is 11.8 Å². The minimum atomic E-state index is -0.508. The molecule has 0 saturated heterocycles. The van der Waals surface area contributed by atoms with Crippen molar-refractivity contribution in [2.24, 2.45) is 5.41 Å². The Morgan fingerprint density at radius 2 is 1.64 bits per heavy atom. The molecule has 0 fully saturated rings. The van der Waals surface area contributed by atoms with Gasteiger partial charge in [0.2, 0.25) is 0 Å². The molecular formula is C22H26O2S. The van der Waals surface area contributed by atoms with E-state index < -0.39 is 5.41 Å². The van der Waals surface area contributed by atoms with Gasteiger partial charge in [0.05, 0.1) is 12.7 Å². The van der Waals surface area contributed by atoms with Crippen molar-refractivity contribution in [2.75, 3.05) is 5.75 Å². The average Bonchev–Trinajstić information content (AvgIpc) is 2.65. The Balaban J connectivity index is 1.85. The summed E-state index contributed by atoms with van der Waals surface area (Å²) in [5, 5.41) is 0. The van der Waals surface area contributed by atoms with Crippen molar-refractivity contribution in [3.63, 3.8) is 0 Å². The number of carbonyl (C=O) groups is 1. The van der Waals surface area contributed by atoms with E-state index in [1.807, 2.05) is 62.4 Å². The van der Waals surface area contributed by atoms with Crippen LogP contribution in [0, 0.1) is 5.41 Å². The van der Waals surface area contributed by atoms with Crippen molar-refractivity contribution >= 4 is 18.0 Å². The van der Waals surface area contributed by atoms with E-state index in [1.165, 1.54) is 4.90 Å². The predicted octanol–water partition coefficient (Wildman–Crippen LogP) is 5.54. The zero-order chi connectivity index (χ0) is 18.0. The Hall–Kier alpha value is -1.84. The third-order valence-corrected chi connectivity index (χ3v) is 5.00. The summed E-state index contributed by atoms with van der Waals surface area (Å²) in [6.45, 7) is 4.39. The number of aldehydes is 1.